The summed E-state index contributed by atoms with van der Waals surface area (Å²) in [5.74, 6) is -3.05. The molecule has 0 aliphatic carbocycles. The van der Waals surface area contributed by atoms with Crippen LogP contribution in [0.3, 0.4) is 0 Å². The van der Waals surface area contributed by atoms with Gasteiger partial charge in [-0.2, -0.15) is 5.26 Å². The van der Waals surface area contributed by atoms with Crippen LogP contribution in [0.15, 0.2) is 12.1 Å². The highest BCUT2D eigenvalue weighted by Gasteiger charge is 2.27. The molecule has 0 atom stereocenters. The molecule has 0 bridgehead atoms. The Morgan fingerprint density at radius 1 is 1.33 bits per heavy atom. The topological polar surface area (TPSA) is 73.1 Å². The van der Waals surface area contributed by atoms with Crippen LogP contribution in [0.1, 0.15) is 42.6 Å². The molecule has 0 radical (unpaired) electrons. The molecule has 114 valence electrons. The first kappa shape index (κ1) is 17.1. The Bertz CT molecular complexity index is 532. The summed E-state index contributed by atoms with van der Waals surface area (Å²) in [4.78, 5) is 11.9. The van der Waals surface area contributed by atoms with E-state index in [0.717, 1.165) is 12.1 Å². The lowest BCUT2D eigenvalue weighted by Gasteiger charge is -2.29. The van der Waals surface area contributed by atoms with Gasteiger partial charge in [-0.25, -0.2) is 8.78 Å². The van der Waals surface area contributed by atoms with Gasteiger partial charge in [0.15, 0.2) is 0 Å². The molecule has 21 heavy (non-hydrogen) atoms. The Morgan fingerprint density at radius 2 is 1.86 bits per heavy atom. The summed E-state index contributed by atoms with van der Waals surface area (Å²) < 4.78 is 27.4. The molecule has 0 saturated heterocycles. The highest BCUT2D eigenvalue weighted by molar-refractivity contribution is 5.94. The Kier molecular flexibility index (Phi) is 5.79. The van der Waals surface area contributed by atoms with Gasteiger partial charge in [-0.3, -0.25) is 4.79 Å². The molecule has 1 amide bonds. The SMILES string of the molecule is CCC(CC)(CO)CNC(=O)c1c(F)cc(C#N)cc1F. The fraction of sp³-hybridized carbons (Fsp3) is 0.467. The lowest BCUT2D eigenvalue weighted by Crippen LogP contribution is -2.40. The van der Waals surface area contributed by atoms with Gasteiger partial charge in [-0.05, 0) is 25.0 Å². The van der Waals surface area contributed by atoms with Gasteiger partial charge in [0.25, 0.3) is 5.91 Å². The van der Waals surface area contributed by atoms with Crippen LogP contribution in [-0.4, -0.2) is 24.2 Å². The summed E-state index contributed by atoms with van der Waals surface area (Å²) in [6.45, 7) is 3.73. The number of nitrogens with zero attached hydrogens (tertiary/aromatic N) is 1. The van der Waals surface area contributed by atoms with Crippen LogP contribution in [0.2, 0.25) is 0 Å². The van der Waals surface area contributed by atoms with Crippen LogP contribution in [0, 0.1) is 28.4 Å². The van der Waals surface area contributed by atoms with E-state index < -0.39 is 28.5 Å². The van der Waals surface area contributed by atoms with E-state index in [0.29, 0.717) is 12.8 Å². The number of rotatable bonds is 6. The molecular formula is C15H18F2N2O2. The first-order valence-electron chi connectivity index (χ1n) is 6.71. The summed E-state index contributed by atoms with van der Waals surface area (Å²) in [5, 5.41) is 20.5. The first-order chi connectivity index (χ1) is 9.92. The summed E-state index contributed by atoms with van der Waals surface area (Å²) in [7, 11) is 0. The third-order valence-corrected chi connectivity index (χ3v) is 3.86. The lowest BCUT2D eigenvalue weighted by molar-refractivity contribution is 0.0844. The van der Waals surface area contributed by atoms with E-state index in [9.17, 15) is 18.7 Å². The van der Waals surface area contributed by atoms with Crippen LogP contribution >= 0.6 is 0 Å². The van der Waals surface area contributed by atoms with Gasteiger partial charge < -0.3 is 10.4 Å². The molecule has 1 aromatic carbocycles. The number of carbonyl (C=O) groups excluding carboxylic acids is 1. The summed E-state index contributed by atoms with van der Waals surface area (Å²) >= 11 is 0. The number of amides is 1. The fourth-order valence-corrected chi connectivity index (χ4v) is 1.99. The molecule has 0 fully saturated rings. The zero-order valence-electron chi connectivity index (χ0n) is 12.0. The highest BCUT2D eigenvalue weighted by atomic mass is 19.1. The maximum absolute atomic E-state index is 13.7. The molecule has 2 N–H and O–H groups in total. The van der Waals surface area contributed by atoms with Gasteiger partial charge >= 0.3 is 0 Å². The average molecular weight is 296 g/mol. The highest BCUT2D eigenvalue weighted by Crippen LogP contribution is 2.24. The minimum Gasteiger partial charge on any atom is -0.396 e. The number of halogens is 2. The third kappa shape index (κ3) is 3.76. The van der Waals surface area contributed by atoms with E-state index in [4.69, 9.17) is 5.26 Å². The van der Waals surface area contributed by atoms with Gasteiger partial charge in [-0.1, -0.05) is 13.8 Å². The molecule has 1 aromatic rings. The number of carbonyl (C=O) groups is 1. The molecule has 0 aromatic heterocycles. The quantitative estimate of drug-likeness (QED) is 0.846. The molecular weight excluding hydrogens is 278 g/mol. The Balaban J connectivity index is 2.94. The summed E-state index contributed by atoms with van der Waals surface area (Å²) in [5.41, 5.74) is -1.41. The van der Waals surface area contributed by atoms with Crippen LogP contribution in [0.5, 0.6) is 0 Å². The number of nitrogens with one attached hydrogen (secondary N) is 1. The van der Waals surface area contributed by atoms with Crippen molar-refractivity contribution in [3.05, 3.63) is 34.9 Å². The standard InChI is InChI=1S/C15H18F2N2O2/c1-3-15(4-2,9-20)8-19-14(21)13-11(16)5-10(7-18)6-12(13)17/h5-6,20H,3-4,8-9H2,1-2H3,(H,19,21). The minimum atomic E-state index is -1.08. The molecule has 0 heterocycles. The van der Waals surface area contributed by atoms with Crippen molar-refractivity contribution in [1.82, 2.24) is 5.32 Å². The van der Waals surface area contributed by atoms with Crippen LogP contribution in [0.4, 0.5) is 8.78 Å². The second-order valence-corrected chi connectivity index (χ2v) is 4.97. The number of hydrogen-bond donors (Lipinski definition) is 2. The molecule has 0 aliphatic rings. The number of aliphatic hydroxyl groups excluding tert-OH is 1. The molecule has 6 heteroatoms. The van der Waals surface area contributed by atoms with Crippen molar-refractivity contribution in [2.75, 3.05) is 13.2 Å². The van der Waals surface area contributed by atoms with Crippen molar-refractivity contribution in [2.24, 2.45) is 5.41 Å². The Morgan fingerprint density at radius 3 is 2.24 bits per heavy atom. The third-order valence-electron chi connectivity index (χ3n) is 3.86. The van der Waals surface area contributed by atoms with Crippen molar-refractivity contribution in [1.29, 1.82) is 5.26 Å². The van der Waals surface area contributed by atoms with E-state index in [2.05, 4.69) is 5.32 Å². The van der Waals surface area contributed by atoms with Crippen LogP contribution < -0.4 is 5.32 Å². The molecule has 0 unspecified atom stereocenters. The Hall–Kier alpha value is -2.00. The van der Waals surface area contributed by atoms with Crippen LogP contribution in [0.25, 0.3) is 0 Å². The zero-order chi connectivity index (χ0) is 16.0. The first-order valence-corrected chi connectivity index (χ1v) is 6.71. The van der Waals surface area contributed by atoms with E-state index in [-0.39, 0.29) is 18.7 Å². The van der Waals surface area contributed by atoms with E-state index in [1.807, 2.05) is 13.8 Å². The average Bonchev–Trinajstić information content (AvgIpc) is 2.48. The van der Waals surface area contributed by atoms with Crippen LogP contribution in [-0.2, 0) is 0 Å². The minimum absolute atomic E-state index is 0.119. The summed E-state index contributed by atoms with van der Waals surface area (Å²) in [6, 6.07) is 3.25. The van der Waals surface area contributed by atoms with Gasteiger partial charge in [0.05, 0.1) is 18.2 Å². The van der Waals surface area contributed by atoms with Gasteiger partial charge in [0.2, 0.25) is 0 Å². The van der Waals surface area contributed by atoms with Crippen molar-refractivity contribution >= 4 is 5.91 Å². The Labute approximate surface area is 122 Å². The smallest absolute Gasteiger partial charge is 0.257 e. The fourth-order valence-electron chi connectivity index (χ4n) is 1.99. The molecule has 4 nitrogen and oxygen atoms in total. The number of hydrogen-bond acceptors (Lipinski definition) is 3. The zero-order valence-corrected chi connectivity index (χ0v) is 12.0. The molecule has 1 rings (SSSR count). The molecule has 0 spiro atoms. The second kappa shape index (κ2) is 7.14. The van der Waals surface area contributed by atoms with Crippen molar-refractivity contribution in [2.45, 2.75) is 26.7 Å². The summed E-state index contributed by atoms with van der Waals surface area (Å²) in [6.07, 6.45) is 1.25. The number of nitriles is 1. The van der Waals surface area contributed by atoms with Crippen molar-refractivity contribution in [3.8, 4) is 6.07 Å². The predicted octanol–water partition coefficient (Wildman–Crippen LogP) is 2.36. The predicted molar refractivity (Wildman–Crippen MR) is 73.5 cm³/mol. The number of aliphatic hydroxyl groups is 1. The second-order valence-electron chi connectivity index (χ2n) is 4.97. The van der Waals surface area contributed by atoms with E-state index in [1.165, 1.54) is 0 Å². The van der Waals surface area contributed by atoms with Gasteiger partial charge in [0.1, 0.15) is 17.2 Å². The maximum atomic E-state index is 13.7. The normalized spacial score (nSPS) is 11.0. The molecule has 0 aliphatic heterocycles. The largest absolute Gasteiger partial charge is 0.396 e. The van der Waals surface area contributed by atoms with E-state index >= 15 is 0 Å². The van der Waals surface area contributed by atoms with Crippen molar-refractivity contribution < 1.29 is 18.7 Å². The van der Waals surface area contributed by atoms with E-state index in [1.54, 1.807) is 6.07 Å². The van der Waals surface area contributed by atoms with Crippen molar-refractivity contribution in [3.63, 3.8) is 0 Å². The van der Waals surface area contributed by atoms with Gasteiger partial charge in [0, 0.05) is 12.0 Å². The number of benzene rings is 1. The van der Waals surface area contributed by atoms with Gasteiger partial charge in [-0.15, -0.1) is 0 Å². The lowest BCUT2D eigenvalue weighted by atomic mass is 9.83. The molecule has 0 saturated carbocycles. The maximum Gasteiger partial charge on any atom is 0.257 e. The monoisotopic (exact) mass is 296 g/mol.